The van der Waals surface area contributed by atoms with Gasteiger partial charge < -0.3 is 14.6 Å². The van der Waals surface area contributed by atoms with Crippen LogP contribution >= 0.6 is 0 Å². The minimum Gasteiger partial charge on any atom is -0.494 e. The normalized spacial score (nSPS) is 22.2. The average Bonchev–Trinajstić information content (AvgIpc) is 2.54. The van der Waals surface area contributed by atoms with Crippen molar-refractivity contribution < 1.29 is 4.74 Å². The first-order valence-corrected chi connectivity index (χ1v) is 7.83. The molecule has 1 aliphatic rings. The molecular formula is C17H23N3O2. The summed E-state index contributed by atoms with van der Waals surface area (Å²) in [6.45, 7) is 0. The van der Waals surface area contributed by atoms with Crippen molar-refractivity contribution in [1.82, 2.24) is 14.9 Å². The van der Waals surface area contributed by atoms with E-state index in [0.29, 0.717) is 28.6 Å². The predicted octanol–water partition coefficient (Wildman–Crippen LogP) is 2.52. The summed E-state index contributed by atoms with van der Waals surface area (Å²) in [6.07, 6.45) is 4.41. The van der Waals surface area contributed by atoms with E-state index >= 15 is 0 Å². The molecule has 2 aromatic rings. The number of hydrogen-bond donors (Lipinski definition) is 1. The SMILES string of the molecule is COc1cccc2c(=O)[nH]c(C3CCC(N(C)C)CC3)nc12. The topological polar surface area (TPSA) is 58.2 Å². The minimum absolute atomic E-state index is 0.0753. The molecule has 1 aromatic heterocycles. The number of ether oxygens (including phenoxy) is 1. The van der Waals surface area contributed by atoms with Crippen LogP contribution in [0.15, 0.2) is 23.0 Å². The Morgan fingerprint density at radius 1 is 1.23 bits per heavy atom. The van der Waals surface area contributed by atoms with Crippen molar-refractivity contribution in [2.45, 2.75) is 37.6 Å². The van der Waals surface area contributed by atoms with Gasteiger partial charge in [0.05, 0.1) is 12.5 Å². The number of benzene rings is 1. The maximum absolute atomic E-state index is 12.3. The fourth-order valence-electron chi connectivity index (χ4n) is 3.38. The largest absolute Gasteiger partial charge is 0.494 e. The highest BCUT2D eigenvalue weighted by Gasteiger charge is 2.25. The van der Waals surface area contributed by atoms with Crippen LogP contribution < -0.4 is 10.3 Å². The van der Waals surface area contributed by atoms with Crippen LogP contribution in [-0.4, -0.2) is 42.1 Å². The second-order valence-corrected chi connectivity index (χ2v) is 6.28. The highest BCUT2D eigenvalue weighted by Crippen LogP contribution is 2.33. The van der Waals surface area contributed by atoms with Crippen molar-refractivity contribution in [3.8, 4) is 5.75 Å². The third-order valence-electron chi connectivity index (χ3n) is 4.75. The second kappa shape index (κ2) is 6.08. The van der Waals surface area contributed by atoms with Crippen LogP contribution in [0.1, 0.15) is 37.4 Å². The molecule has 1 aliphatic carbocycles. The zero-order chi connectivity index (χ0) is 15.7. The lowest BCUT2D eigenvalue weighted by molar-refractivity contribution is 0.214. The smallest absolute Gasteiger partial charge is 0.258 e. The molecule has 0 saturated heterocycles. The van der Waals surface area contributed by atoms with Crippen molar-refractivity contribution in [2.24, 2.45) is 0 Å². The van der Waals surface area contributed by atoms with Gasteiger partial charge in [-0.1, -0.05) is 6.07 Å². The summed E-state index contributed by atoms with van der Waals surface area (Å²) in [5.41, 5.74) is 0.590. The lowest BCUT2D eigenvalue weighted by atomic mass is 9.85. The Bertz CT molecular complexity index is 715. The fraction of sp³-hybridized carbons (Fsp3) is 0.529. The third kappa shape index (κ3) is 2.73. The number of methoxy groups -OCH3 is 1. The molecule has 0 spiro atoms. The van der Waals surface area contributed by atoms with Gasteiger partial charge in [-0.05, 0) is 51.9 Å². The minimum atomic E-state index is -0.0753. The number of nitrogens with zero attached hydrogens (tertiary/aromatic N) is 2. The van der Waals surface area contributed by atoms with E-state index in [9.17, 15) is 4.79 Å². The molecule has 0 unspecified atom stereocenters. The van der Waals surface area contributed by atoms with Crippen LogP contribution in [0.4, 0.5) is 0 Å². The molecule has 0 atom stereocenters. The van der Waals surface area contributed by atoms with Crippen molar-refractivity contribution in [3.63, 3.8) is 0 Å². The van der Waals surface area contributed by atoms with Crippen LogP contribution in [0.5, 0.6) is 5.75 Å². The lowest BCUT2D eigenvalue weighted by Gasteiger charge is -2.32. The van der Waals surface area contributed by atoms with Gasteiger partial charge in [0.25, 0.3) is 5.56 Å². The molecule has 1 saturated carbocycles. The molecule has 118 valence electrons. The van der Waals surface area contributed by atoms with E-state index in [0.717, 1.165) is 31.5 Å². The first-order valence-electron chi connectivity index (χ1n) is 7.83. The van der Waals surface area contributed by atoms with Gasteiger partial charge in [0.1, 0.15) is 17.1 Å². The molecule has 0 bridgehead atoms. The number of hydrogen-bond acceptors (Lipinski definition) is 4. The molecule has 0 aliphatic heterocycles. The standard InChI is InChI=1S/C17H23N3O2/c1-20(2)12-9-7-11(8-10-12)16-18-15-13(17(21)19-16)5-4-6-14(15)22-3/h4-6,11-12H,7-10H2,1-3H3,(H,18,19,21). The zero-order valence-corrected chi connectivity index (χ0v) is 13.4. The van der Waals surface area contributed by atoms with Gasteiger partial charge in [-0.2, -0.15) is 0 Å². The Labute approximate surface area is 130 Å². The molecule has 5 nitrogen and oxygen atoms in total. The van der Waals surface area contributed by atoms with E-state index in [1.165, 1.54) is 0 Å². The van der Waals surface area contributed by atoms with E-state index in [4.69, 9.17) is 9.72 Å². The van der Waals surface area contributed by atoms with E-state index in [-0.39, 0.29) is 5.56 Å². The third-order valence-corrected chi connectivity index (χ3v) is 4.75. The monoisotopic (exact) mass is 301 g/mol. The van der Waals surface area contributed by atoms with E-state index in [1.54, 1.807) is 13.2 Å². The van der Waals surface area contributed by atoms with Crippen molar-refractivity contribution in [3.05, 3.63) is 34.4 Å². The summed E-state index contributed by atoms with van der Waals surface area (Å²) in [7, 11) is 5.87. The summed E-state index contributed by atoms with van der Waals surface area (Å²) in [4.78, 5) is 22.3. The molecule has 0 amide bonds. The maximum Gasteiger partial charge on any atom is 0.258 e. The Balaban J connectivity index is 1.94. The maximum atomic E-state index is 12.3. The highest BCUT2D eigenvalue weighted by atomic mass is 16.5. The van der Waals surface area contributed by atoms with Crippen LogP contribution in [0.3, 0.4) is 0 Å². The van der Waals surface area contributed by atoms with Gasteiger partial charge in [0.15, 0.2) is 0 Å². The number of nitrogens with one attached hydrogen (secondary N) is 1. The van der Waals surface area contributed by atoms with Crippen LogP contribution in [0.2, 0.25) is 0 Å². The second-order valence-electron chi connectivity index (χ2n) is 6.28. The molecule has 1 fully saturated rings. The van der Waals surface area contributed by atoms with E-state index < -0.39 is 0 Å². The summed E-state index contributed by atoms with van der Waals surface area (Å²) in [5.74, 6) is 1.80. The number of rotatable bonds is 3. The first kappa shape index (κ1) is 15.0. The van der Waals surface area contributed by atoms with Crippen molar-refractivity contribution in [2.75, 3.05) is 21.2 Å². The van der Waals surface area contributed by atoms with Gasteiger partial charge in [0, 0.05) is 12.0 Å². The summed E-state index contributed by atoms with van der Waals surface area (Å²) in [6, 6.07) is 6.09. The molecular weight excluding hydrogens is 278 g/mol. The zero-order valence-electron chi connectivity index (χ0n) is 13.4. The van der Waals surface area contributed by atoms with E-state index in [2.05, 4.69) is 24.0 Å². The van der Waals surface area contributed by atoms with E-state index in [1.807, 2.05) is 12.1 Å². The summed E-state index contributed by atoms with van der Waals surface area (Å²) in [5, 5.41) is 0.588. The molecule has 5 heteroatoms. The molecule has 22 heavy (non-hydrogen) atoms. The Morgan fingerprint density at radius 3 is 2.59 bits per heavy atom. The Hall–Kier alpha value is -1.88. The van der Waals surface area contributed by atoms with Gasteiger partial charge >= 0.3 is 0 Å². The molecule has 1 N–H and O–H groups in total. The average molecular weight is 301 g/mol. The molecule has 1 aromatic carbocycles. The van der Waals surface area contributed by atoms with Gasteiger partial charge in [-0.15, -0.1) is 0 Å². The number of aromatic nitrogens is 2. The Morgan fingerprint density at radius 2 is 1.95 bits per heavy atom. The molecule has 0 radical (unpaired) electrons. The highest BCUT2D eigenvalue weighted by molar-refractivity contribution is 5.83. The van der Waals surface area contributed by atoms with Gasteiger partial charge in [-0.3, -0.25) is 4.79 Å². The van der Waals surface area contributed by atoms with Gasteiger partial charge in [-0.25, -0.2) is 4.98 Å². The lowest BCUT2D eigenvalue weighted by Crippen LogP contribution is -2.32. The fourth-order valence-corrected chi connectivity index (χ4v) is 3.38. The number of aromatic amines is 1. The Kier molecular flexibility index (Phi) is 4.16. The van der Waals surface area contributed by atoms with Gasteiger partial charge in [0.2, 0.25) is 0 Å². The summed E-state index contributed by atoms with van der Waals surface area (Å²) >= 11 is 0. The van der Waals surface area contributed by atoms with Crippen molar-refractivity contribution in [1.29, 1.82) is 0 Å². The first-order chi connectivity index (χ1) is 10.6. The van der Waals surface area contributed by atoms with Crippen LogP contribution in [0.25, 0.3) is 10.9 Å². The van der Waals surface area contributed by atoms with Crippen LogP contribution in [0, 0.1) is 0 Å². The number of para-hydroxylation sites is 1. The molecule has 1 heterocycles. The predicted molar refractivity (Wildman–Crippen MR) is 87.6 cm³/mol. The molecule has 3 rings (SSSR count). The quantitative estimate of drug-likeness (QED) is 0.946. The summed E-state index contributed by atoms with van der Waals surface area (Å²) < 4.78 is 5.35. The number of H-pyrrole nitrogens is 1. The van der Waals surface area contributed by atoms with Crippen LogP contribution in [-0.2, 0) is 0 Å². The number of fused-ring (bicyclic) bond motifs is 1. The van der Waals surface area contributed by atoms with Crippen molar-refractivity contribution >= 4 is 10.9 Å².